The first-order chi connectivity index (χ1) is 9.10. The summed E-state index contributed by atoms with van der Waals surface area (Å²) in [5.41, 5.74) is 2.97. The maximum Gasteiger partial charge on any atom is 0.122 e. The Balaban J connectivity index is 2.15. The summed E-state index contributed by atoms with van der Waals surface area (Å²) in [5, 5.41) is 11.0. The van der Waals surface area contributed by atoms with Gasteiger partial charge in [0.15, 0.2) is 0 Å². The van der Waals surface area contributed by atoms with Crippen LogP contribution in [-0.2, 0) is 6.42 Å². The molecule has 0 aromatic heterocycles. The minimum Gasteiger partial charge on any atom is -0.496 e. The van der Waals surface area contributed by atoms with Crippen LogP contribution in [0.2, 0.25) is 5.02 Å². The number of rotatable bonds is 4. The molecular weight excluding hydrogens is 260 g/mol. The Morgan fingerprint density at radius 1 is 1.16 bits per heavy atom. The molecule has 19 heavy (non-hydrogen) atoms. The van der Waals surface area contributed by atoms with E-state index in [9.17, 15) is 5.11 Å². The number of benzene rings is 2. The van der Waals surface area contributed by atoms with Crippen molar-refractivity contribution in [1.82, 2.24) is 0 Å². The van der Waals surface area contributed by atoms with Gasteiger partial charge in [0.1, 0.15) is 5.75 Å². The maximum absolute atomic E-state index is 10.3. The van der Waals surface area contributed by atoms with Gasteiger partial charge in [-0.15, -0.1) is 0 Å². The van der Waals surface area contributed by atoms with E-state index in [2.05, 4.69) is 0 Å². The average molecular weight is 277 g/mol. The molecule has 0 amide bonds. The third kappa shape index (κ3) is 3.49. The van der Waals surface area contributed by atoms with Crippen molar-refractivity contribution in [1.29, 1.82) is 0 Å². The minimum absolute atomic E-state index is 0.546. The van der Waals surface area contributed by atoms with E-state index in [0.717, 1.165) is 22.4 Å². The smallest absolute Gasteiger partial charge is 0.122 e. The van der Waals surface area contributed by atoms with Gasteiger partial charge in [0.05, 0.1) is 13.2 Å². The number of aliphatic hydroxyl groups is 1. The molecule has 0 fully saturated rings. The van der Waals surface area contributed by atoms with Crippen molar-refractivity contribution in [2.24, 2.45) is 0 Å². The number of ether oxygens (including phenoxy) is 1. The quantitative estimate of drug-likeness (QED) is 0.917. The van der Waals surface area contributed by atoms with Crippen LogP contribution in [0.15, 0.2) is 42.5 Å². The Morgan fingerprint density at radius 2 is 1.84 bits per heavy atom. The Labute approximate surface area is 118 Å². The first kappa shape index (κ1) is 13.9. The molecule has 1 atom stereocenters. The Hall–Kier alpha value is -1.51. The second-order valence-corrected chi connectivity index (χ2v) is 5.01. The lowest BCUT2D eigenvalue weighted by molar-refractivity contribution is 0.178. The van der Waals surface area contributed by atoms with Gasteiger partial charge in [0.25, 0.3) is 0 Å². The van der Waals surface area contributed by atoms with Crippen molar-refractivity contribution in [3.8, 4) is 5.75 Å². The second-order valence-electron chi connectivity index (χ2n) is 4.58. The molecular formula is C16H17ClO2. The molecule has 2 aromatic rings. The largest absolute Gasteiger partial charge is 0.496 e. The molecule has 2 nitrogen and oxygen atoms in total. The van der Waals surface area contributed by atoms with E-state index >= 15 is 0 Å². The first-order valence-electron chi connectivity index (χ1n) is 6.17. The van der Waals surface area contributed by atoms with Gasteiger partial charge in [-0.05, 0) is 41.8 Å². The van der Waals surface area contributed by atoms with Gasteiger partial charge >= 0.3 is 0 Å². The van der Waals surface area contributed by atoms with Crippen molar-refractivity contribution in [2.75, 3.05) is 7.11 Å². The zero-order valence-electron chi connectivity index (χ0n) is 11.1. The first-order valence-corrected chi connectivity index (χ1v) is 6.55. The van der Waals surface area contributed by atoms with E-state index in [1.54, 1.807) is 7.11 Å². The molecule has 2 aromatic carbocycles. The highest BCUT2D eigenvalue weighted by atomic mass is 35.5. The van der Waals surface area contributed by atoms with Crippen LogP contribution < -0.4 is 4.74 Å². The molecule has 0 aliphatic rings. The van der Waals surface area contributed by atoms with Crippen molar-refractivity contribution < 1.29 is 9.84 Å². The molecule has 0 heterocycles. The number of hydrogen-bond acceptors (Lipinski definition) is 2. The fourth-order valence-corrected chi connectivity index (χ4v) is 2.13. The maximum atomic E-state index is 10.3. The van der Waals surface area contributed by atoms with Crippen molar-refractivity contribution in [3.05, 3.63) is 64.2 Å². The average Bonchev–Trinajstić information content (AvgIpc) is 2.42. The highest BCUT2D eigenvalue weighted by Gasteiger charge is 2.10. The second kappa shape index (κ2) is 6.09. The summed E-state index contributed by atoms with van der Waals surface area (Å²) in [6.45, 7) is 1.98. The SMILES string of the molecule is COc1cc(C(O)Cc2ccc(Cl)cc2)ccc1C. The normalized spacial score (nSPS) is 12.2. The fourth-order valence-electron chi connectivity index (χ4n) is 2.01. The van der Waals surface area contributed by atoms with E-state index in [4.69, 9.17) is 16.3 Å². The summed E-state index contributed by atoms with van der Waals surface area (Å²) >= 11 is 5.84. The summed E-state index contributed by atoms with van der Waals surface area (Å²) in [5.74, 6) is 0.799. The van der Waals surface area contributed by atoms with Gasteiger partial charge in [-0.2, -0.15) is 0 Å². The molecule has 0 saturated carbocycles. The molecule has 1 unspecified atom stereocenters. The van der Waals surface area contributed by atoms with Gasteiger partial charge in [-0.25, -0.2) is 0 Å². The molecule has 1 N–H and O–H groups in total. The van der Waals surface area contributed by atoms with E-state index < -0.39 is 6.10 Å². The van der Waals surface area contributed by atoms with Crippen molar-refractivity contribution >= 4 is 11.6 Å². The zero-order valence-corrected chi connectivity index (χ0v) is 11.8. The predicted octanol–water partition coefficient (Wildman–Crippen LogP) is 3.93. The summed E-state index contributed by atoms with van der Waals surface area (Å²) in [4.78, 5) is 0. The van der Waals surface area contributed by atoms with Crippen LogP contribution in [0, 0.1) is 6.92 Å². The van der Waals surface area contributed by atoms with Gasteiger partial charge < -0.3 is 9.84 Å². The highest BCUT2D eigenvalue weighted by molar-refractivity contribution is 6.30. The van der Waals surface area contributed by atoms with Crippen molar-refractivity contribution in [2.45, 2.75) is 19.4 Å². The predicted molar refractivity (Wildman–Crippen MR) is 77.8 cm³/mol. The van der Waals surface area contributed by atoms with E-state index in [1.807, 2.05) is 49.4 Å². The molecule has 0 bridgehead atoms. The molecule has 100 valence electrons. The lowest BCUT2D eigenvalue weighted by Gasteiger charge is -2.13. The molecule has 0 aliphatic carbocycles. The van der Waals surface area contributed by atoms with Gasteiger partial charge in [-0.3, -0.25) is 0 Å². The zero-order chi connectivity index (χ0) is 13.8. The summed E-state index contributed by atoms with van der Waals surface area (Å²) in [6, 6.07) is 13.3. The van der Waals surface area contributed by atoms with Gasteiger partial charge in [-0.1, -0.05) is 35.9 Å². The van der Waals surface area contributed by atoms with Crippen LogP contribution in [0.4, 0.5) is 0 Å². The summed E-state index contributed by atoms with van der Waals surface area (Å²) in [7, 11) is 1.64. The highest BCUT2D eigenvalue weighted by Crippen LogP contribution is 2.25. The summed E-state index contributed by atoms with van der Waals surface area (Å²) in [6.07, 6.45) is 0.0132. The van der Waals surface area contributed by atoms with Crippen LogP contribution in [-0.4, -0.2) is 12.2 Å². The third-order valence-electron chi connectivity index (χ3n) is 3.16. The fraction of sp³-hybridized carbons (Fsp3) is 0.250. The molecule has 0 spiro atoms. The molecule has 0 aliphatic heterocycles. The van der Waals surface area contributed by atoms with E-state index in [1.165, 1.54) is 0 Å². The Morgan fingerprint density at radius 3 is 2.47 bits per heavy atom. The summed E-state index contributed by atoms with van der Waals surface area (Å²) < 4.78 is 5.27. The molecule has 0 radical (unpaired) electrons. The number of aryl methyl sites for hydroxylation is 1. The Bertz CT molecular complexity index is 549. The number of hydrogen-bond donors (Lipinski definition) is 1. The number of aliphatic hydroxyl groups excluding tert-OH is 1. The monoisotopic (exact) mass is 276 g/mol. The van der Waals surface area contributed by atoms with Crippen LogP contribution in [0.3, 0.4) is 0 Å². The van der Waals surface area contributed by atoms with Crippen LogP contribution >= 0.6 is 11.6 Å². The van der Waals surface area contributed by atoms with Crippen LogP contribution in [0.25, 0.3) is 0 Å². The van der Waals surface area contributed by atoms with Crippen LogP contribution in [0.1, 0.15) is 22.8 Å². The Kier molecular flexibility index (Phi) is 4.46. The topological polar surface area (TPSA) is 29.5 Å². The lowest BCUT2D eigenvalue weighted by Crippen LogP contribution is -2.02. The van der Waals surface area contributed by atoms with Crippen LogP contribution in [0.5, 0.6) is 5.75 Å². The molecule has 0 saturated heterocycles. The van der Waals surface area contributed by atoms with E-state index in [-0.39, 0.29) is 0 Å². The minimum atomic E-state index is -0.546. The van der Waals surface area contributed by atoms with Gasteiger partial charge in [0.2, 0.25) is 0 Å². The third-order valence-corrected chi connectivity index (χ3v) is 3.41. The molecule has 3 heteroatoms. The number of methoxy groups -OCH3 is 1. The lowest BCUT2D eigenvalue weighted by atomic mass is 10.00. The van der Waals surface area contributed by atoms with Gasteiger partial charge in [0, 0.05) is 11.4 Å². The number of halogens is 1. The van der Waals surface area contributed by atoms with Crippen molar-refractivity contribution in [3.63, 3.8) is 0 Å². The molecule has 2 rings (SSSR count). The standard InChI is InChI=1S/C16H17ClO2/c1-11-3-6-13(10-16(11)19-2)15(18)9-12-4-7-14(17)8-5-12/h3-8,10,15,18H,9H2,1-2H3. The van der Waals surface area contributed by atoms with E-state index in [0.29, 0.717) is 11.4 Å².